The van der Waals surface area contributed by atoms with Crippen LogP contribution in [-0.2, 0) is 0 Å². The number of hydrogen-bond donors (Lipinski definition) is 1. The van der Waals surface area contributed by atoms with E-state index >= 15 is 0 Å². The number of rotatable bonds is 2. The van der Waals surface area contributed by atoms with E-state index in [-0.39, 0.29) is 0 Å². The Bertz CT molecular complexity index is 209. The second kappa shape index (κ2) is 2.74. The Kier molecular flexibility index (Phi) is 1.95. The van der Waals surface area contributed by atoms with E-state index in [1.165, 1.54) is 11.3 Å². The molecule has 1 heteroatoms. The lowest BCUT2D eigenvalue weighted by Crippen LogP contribution is -2.05. The predicted octanol–water partition coefficient (Wildman–Crippen LogP) is 2.00. The van der Waals surface area contributed by atoms with Crippen molar-refractivity contribution in [3.8, 4) is 0 Å². The van der Waals surface area contributed by atoms with E-state index in [1.807, 2.05) is 14.0 Å². The van der Waals surface area contributed by atoms with E-state index in [0.717, 1.165) is 12.0 Å². The van der Waals surface area contributed by atoms with Crippen molar-refractivity contribution in [2.24, 2.45) is 0 Å². The summed E-state index contributed by atoms with van der Waals surface area (Å²) in [5, 5.41) is 3.15. The minimum atomic E-state index is 1.03. The zero-order chi connectivity index (χ0) is 7.56. The molecule has 0 atom stereocenters. The largest absolute Gasteiger partial charge is 0.391 e. The predicted molar refractivity (Wildman–Crippen MR) is 44.7 cm³/mol. The molecule has 1 nitrogen and oxygen atoms in total. The van der Waals surface area contributed by atoms with Crippen molar-refractivity contribution in [3.05, 3.63) is 35.6 Å². The molecule has 10 heavy (non-hydrogen) atoms. The molecule has 0 saturated carbocycles. The van der Waals surface area contributed by atoms with Gasteiger partial charge in [0.25, 0.3) is 0 Å². The number of nitrogens with one attached hydrogen (secondary N) is 1. The molecule has 0 fully saturated rings. The first-order valence-corrected chi connectivity index (χ1v) is 3.49. The molecule has 1 aliphatic carbocycles. The Hall–Kier alpha value is -0.980. The molecule has 1 rings (SSSR count). The zero-order valence-corrected chi connectivity index (χ0v) is 6.57. The summed E-state index contributed by atoms with van der Waals surface area (Å²) < 4.78 is 0. The van der Waals surface area contributed by atoms with Crippen LogP contribution in [0.25, 0.3) is 0 Å². The molecular formula is C9H13N. The minimum Gasteiger partial charge on any atom is -0.391 e. The molecule has 0 saturated heterocycles. The van der Waals surface area contributed by atoms with Gasteiger partial charge in [-0.25, -0.2) is 0 Å². The van der Waals surface area contributed by atoms with Gasteiger partial charge in [0.05, 0.1) is 0 Å². The van der Waals surface area contributed by atoms with Crippen LogP contribution in [0.15, 0.2) is 35.6 Å². The highest BCUT2D eigenvalue weighted by molar-refractivity contribution is 5.45. The maximum atomic E-state index is 3.89. The van der Waals surface area contributed by atoms with Gasteiger partial charge in [-0.15, -0.1) is 0 Å². The molecule has 0 bridgehead atoms. The van der Waals surface area contributed by atoms with E-state index in [1.54, 1.807) is 0 Å². The van der Waals surface area contributed by atoms with Crippen LogP contribution in [0, 0.1) is 0 Å². The van der Waals surface area contributed by atoms with Crippen molar-refractivity contribution in [3.63, 3.8) is 0 Å². The lowest BCUT2D eigenvalue weighted by molar-refractivity contribution is 0.940. The van der Waals surface area contributed by atoms with Crippen LogP contribution >= 0.6 is 0 Å². The van der Waals surface area contributed by atoms with E-state index in [2.05, 4.69) is 24.0 Å². The third-order valence-corrected chi connectivity index (χ3v) is 1.69. The van der Waals surface area contributed by atoms with Crippen LogP contribution in [0.1, 0.15) is 13.3 Å². The van der Waals surface area contributed by atoms with Crippen LogP contribution < -0.4 is 5.32 Å². The summed E-state index contributed by atoms with van der Waals surface area (Å²) in [5.74, 6) is 0. The van der Waals surface area contributed by atoms with E-state index in [4.69, 9.17) is 0 Å². The van der Waals surface area contributed by atoms with Crippen molar-refractivity contribution in [1.29, 1.82) is 0 Å². The first kappa shape index (κ1) is 7.13. The summed E-state index contributed by atoms with van der Waals surface area (Å²) in [5.41, 5.74) is 3.69. The molecule has 0 unspecified atom stereocenters. The molecule has 0 spiro atoms. The SMILES string of the molecule is C=C(C)C1=C(NC)CC=C1. The third kappa shape index (κ3) is 1.13. The molecule has 0 aromatic rings. The summed E-state index contributed by atoms with van der Waals surface area (Å²) in [4.78, 5) is 0. The van der Waals surface area contributed by atoms with Gasteiger partial charge in [-0.2, -0.15) is 0 Å². The van der Waals surface area contributed by atoms with Crippen molar-refractivity contribution in [2.75, 3.05) is 7.05 Å². The normalized spacial score (nSPS) is 16.2. The summed E-state index contributed by atoms with van der Waals surface area (Å²) in [7, 11) is 1.95. The monoisotopic (exact) mass is 135 g/mol. The summed E-state index contributed by atoms with van der Waals surface area (Å²) in [6, 6.07) is 0. The van der Waals surface area contributed by atoms with Crippen LogP contribution in [0.2, 0.25) is 0 Å². The lowest BCUT2D eigenvalue weighted by atomic mass is 10.1. The van der Waals surface area contributed by atoms with E-state index in [0.29, 0.717) is 0 Å². The molecule has 0 heterocycles. The molecule has 0 aromatic heterocycles. The fourth-order valence-corrected chi connectivity index (χ4v) is 1.14. The maximum Gasteiger partial charge on any atom is 0.0218 e. The van der Waals surface area contributed by atoms with Gasteiger partial charge in [-0.05, 0) is 18.1 Å². The summed E-state index contributed by atoms with van der Waals surface area (Å²) in [6.07, 6.45) is 5.29. The Morgan fingerprint density at radius 1 is 1.70 bits per heavy atom. The van der Waals surface area contributed by atoms with Crippen molar-refractivity contribution >= 4 is 0 Å². The summed E-state index contributed by atoms with van der Waals surface area (Å²) >= 11 is 0. The van der Waals surface area contributed by atoms with Gasteiger partial charge >= 0.3 is 0 Å². The van der Waals surface area contributed by atoms with Crippen molar-refractivity contribution in [2.45, 2.75) is 13.3 Å². The molecule has 54 valence electrons. The topological polar surface area (TPSA) is 12.0 Å². The second-order valence-electron chi connectivity index (χ2n) is 2.53. The standard InChI is InChI=1S/C9H13N/c1-7(2)8-5-4-6-9(8)10-3/h4-5,10H,1,6H2,2-3H3. The molecule has 0 amide bonds. The lowest BCUT2D eigenvalue weighted by Gasteiger charge is -2.04. The van der Waals surface area contributed by atoms with Gasteiger partial charge in [0.15, 0.2) is 0 Å². The Morgan fingerprint density at radius 2 is 2.40 bits per heavy atom. The minimum absolute atomic E-state index is 1.03. The molecular weight excluding hydrogens is 122 g/mol. The van der Waals surface area contributed by atoms with Crippen molar-refractivity contribution in [1.82, 2.24) is 5.32 Å². The van der Waals surface area contributed by atoms with Gasteiger partial charge in [-0.3, -0.25) is 0 Å². The maximum absolute atomic E-state index is 3.89. The molecule has 0 aromatic carbocycles. The van der Waals surface area contributed by atoms with Gasteiger partial charge in [0.1, 0.15) is 0 Å². The average molecular weight is 135 g/mol. The molecule has 0 radical (unpaired) electrons. The number of allylic oxidation sites excluding steroid dienone is 4. The van der Waals surface area contributed by atoms with Gasteiger partial charge in [-0.1, -0.05) is 18.7 Å². The van der Waals surface area contributed by atoms with Crippen LogP contribution in [0.5, 0.6) is 0 Å². The number of hydrogen-bond acceptors (Lipinski definition) is 1. The first-order valence-electron chi connectivity index (χ1n) is 3.49. The first-order chi connectivity index (χ1) is 4.75. The smallest absolute Gasteiger partial charge is 0.0218 e. The summed E-state index contributed by atoms with van der Waals surface area (Å²) in [6.45, 7) is 5.92. The Balaban J connectivity index is 2.87. The second-order valence-corrected chi connectivity index (χ2v) is 2.53. The zero-order valence-electron chi connectivity index (χ0n) is 6.57. The highest BCUT2D eigenvalue weighted by Gasteiger charge is 2.06. The van der Waals surface area contributed by atoms with Gasteiger partial charge in [0.2, 0.25) is 0 Å². The van der Waals surface area contributed by atoms with Crippen LogP contribution in [0.3, 0.4) is 0 Å². The van der Waals surface area contributed by atoms with Gasteiger partial charge in [0, 0.05) is 19.2 Å². The fraction of sp³-hybridized carbons (Fsp3) is 0.333. The highest BCUT2D eigenvalue weighted by atomic mass is 14.8. The van der Waals surface area contributed by atoms with Crippen LogP contribution in [-0.4, -0.2) is 7.05 Å². The molecule has 1 N–H and O–H groups in total. The Morgan fingerprint density at radius 3 is 2.80 bits per heavy atom. The molecule has 1 aliphatic rings. The van der Waals surface area contributed by atoms with E-state index in [9.17, 15) is 0 Å². The van der Waals surface area contributed by atoms with Crippen LogP contribution in [0.4, 0.5) is 0 Å². The average Bonchev–Trinajstić information content (AvgIpc) is 2.33. The highest BCUT2D eigenvalue weighted by Crippen LogP contribution is 2.21. The quantitative estimate of drug-likeness (QED) is 0.610. The van der Waals surface area contributed by atoms with Gasteiger partial charge < -0.3 is 5.32 Å². The fourth-order valence-electron chi connectivity index (χ4n) is 1.14. The third-order valence-electron chi connectivity index (χ3n) is 1.69. The van der Waals surface area contributed by atoms with Crippen molar-refractivity contribution < 1.29 is 0 Å². The molecule has 0 aliphatic heterocycles. The van der Waals surface area contributed by atoms with E-state index < -0.39 is 0 Å². The Labute approximate surface area is 62.1 Å².